The molecule has 1 amide bonds. The van der Waals surface area contributed by atoms with Gasteiger partial charge in [0.1, 0.15) is 0 Å². The number of rotatable bonds is 8. The average molecular weight is 361 g/mol. The van der Waals surface area contributed by atoms with E-state index in [0.717, 1.165) is 12.0 Å². The Morgan fingerprint density at radius 1 is 1.32 bits per heavy atom. The highest BCUT2D eigenvalue weighted by molar-refractivity contribution is 6.32. The summed E-state index contributed by atoms with van der Waals surface area (Å²) in [6, 6.07) is 7.06. The SMILES string of the molecule is CCCOc1c(Cl)cc(/C=C/C(=O)Nc2cccnc2)cc1OCC. The van der Waals surface area contributed by atoms with Gasteiger partial charge >= 0.3 is 0 Å². The van der Waals surface area contributed by atoms with Crippen molar-refractivity contribution in [2.45, 2.75) is 20.3 Å². The number of nitrogens with one attached hydrogen (secondary N) is 1. The summed E-state index contributed by atoms with van der Waals surface area (Å²) in [6.07, 6.45) is 7.20. The number of hydrogen-bond donors (Lipinski definition) is 1. The summed E-state index contributed by atoms with van der Waals surface area (Å²) < 4.78 is 11.3. The van der Waals surface area contributed by atoms with Gasteiger partial charge in [-0.2, -0.15) is 0 Å². The molecule has 0 radical (unpaired) electrons. The molecule has 132 valence electrons. The Kier molecular flexibility index (Phi) is 7.29. The smallest absolute Gasteiger partial charge is 0.248 e. The first-order valence-corrected chi connectivity index (χ1v) is 8.50. The zero-order chi connectivity index (χ0) is 18.1. The van der Waals surface area contributed by atoms with E-state index in [9.17, 15) is 4.79 Å². The predicted octanol–water partition coefficient (Wildman–Crippen LogP) is 4.57. The number of anilines is 1. The second kappa shape index (κ2) is 9.69. The highest BCUT2D eigenvalue weighted by Gasteiger charge is 2.11. The van der Waals surface area contributed by atoms with Gasteiger partial charge in [0.05, 0.1) is 30.1 Å². The Balaban J connectivity index is 2.14. The fourth-order valence-corrected chi connectivity index (χ4v) is 2.36. The van der Waals surface area contributed by atoms with Gasteiger partial charge in [-0.05, 0) is 49.2 Å². The molecule has 1 N–H and O–H groups in total. The maximum absolute atomic E-state index is 12.0. The number of benzene rings is 1. The van der Waals surface area contributed by atoms with Crippen molar-refractivity contribution < 1.29 is 14.3 Å². The summed E-state index contributed by atoms with van der Waals surface area (Å²) in [5, 5.41) is 3.18. The predicted molar refractivity (Wildman–Crippen MR) is 100 cm³/mol. The molecule has 25 heavy (non-hydrogen) atoms. The van der Waals surface area contributed by atoms with Gasteiger partial charge in [0.15, 0.2) is 11.5 Å². The summed E-state index contributed by atoms with van der Waals surface area (Å²) in [7, 11) is 0. The van der Waals surface area contributed by atoms with Crippen LogP contribution in [0.5, 0.6) is 11.5 Å². The van der Waals surface area contributed by atoms with Crippen LogP contribution in [0.4, 0.5) is 5.69 Å². The third-order valence-electron chi connectivity index (χ3n) is 3.14. The number of hydrogen-bond acceptors (Lipinski definition) is 4. The number of carbonyl (C=O) groups excluding carboxylic acids is 1. The molecule has 0 unspecified atom stereocenters. The van der Waals surface area contributed by atoms with E-state index in [2.05, 4.69) is 10.3 Å². The molecule has 0 saturated heterocycles. The van der Waals surface area contributed by atoms with Crippen molar-refractivity contribution in [3.05, 3.63) is 53.3 Å². The minimum Gasteiger partial charge on any atom is -0.490 e. The normalized spacial score (nSPS) is 10.7. The lowest BCUT2D eigenvalue weighted by Gasteiger charge is -2.14. The molecule has 0 fully saturated rings. The molecule has 1 aromatic heterocycles. The maximum Gasteiger partial charge on any atom is 0.248 e. The highest BCUT2D eigenvalue weighted by atomic mass is 35.5. The van der Waals surface area contributed by atoms with Crippen molar-refractivity contribution in [3.8, 4) is 11.5 Å². The molecule has 0 aliphatic carbocycles. The summed E-state index contributed by atoms with van der Waals surface area (Å²) in [6.45, 7) is 4.96. The molecule has 0 spiro atoms. The maximum atomic E-state index is 12.0. The summed E-state index contributed by atoms with van der Waals surface area (Å²) in [5.74, 6) is 0.839. The van der Waals surface area contributed by atoms with Crippen LogP contribution in [0, 0.1) is 0 Å². The topological polar surface area (TPSA) is 60.5 Å². The molecule has 0 aliphatic rings. The molecule has 2 rings (SSSR count). The van der Waals surface area contributed by atoms with Crippen LogP contribution in [0.3, 0.4) is 0 Å². The summed E-state index contributed by atoms with van der Waals surface area (Å²) in [5.41, 5.74) is 1.38. The second-order valence-electron chi connectivity index (χ2n) is 5.18. The standard InChI is InChI=1S/C19H21ClN2O3/c1-3-10-25-19-16(20)11-14(12-17(19)24-4-2)7-8-18(23)22-15-6-5-9-21-13-15/h5-9,11-13H,3-4,10H2,1-2H3,(H,22,23)/b8-7+. The van der Waals surface area contributed by atoms with E-state index in [0.29, 0.717) is 35.4 Å². The quantitative estimate of drug-likeness (QED) is 0.700. The number of nitrogens with zero attached hydrogens (tertiary/aromatic N) is 1. The first kappa shape index (κ1) is 18.8. The third kappa shape index (κ3) is 5.80. The Labute approximate surface area is 152 Å². The highest BCUT2D eigenvalue weighted by Crippen LogP contribution is 2.37. The fourth-order valence-electron chi connectivity index (χ4n) is 2.08. The Morgan fingerprint density at radius 3 is 2.84 bits per heavy atom. The van der Waals surface area contributed by atoms with Crippen LogP contribution in [0.1, 0.15) is 25.8 Å². The Bertz CT molecular complexity index is 733. The van der Waals surface area contributed by atoms with Gasteiger partial charge in [-0.25, -0.2) is 0 Å². The molecule has 0 bridgehead atoms. The van der Waals surface area contributed by atoms with E-state index < -0.39 is 0 Å². The molecule has 5 nitrogen and oxygen atoms in total. The van der Waals surface area contributed by atoms with Gasteiger partial charge in [-0.3, -0.25) is 9.78 Å². The van der Waals surface area contributed by atoms with Crippen molar-refractivity contribution in [2.75, 3.05) is 18.5 Å². The number of amides is 1. The lowest BCUT2D eigenvalue weighted by molar-refractivity contribution is -0.111. The fraction of sp³-hybridized carbons (Fsp3) is 0.263. The zero-order valence-corrected chi connectivity index (χ0v) is 15.0. The van der Waals surface area contributed by atoms with Crippen LogP contribution in [-0.4, -0.2) is 24.1 Å². The van der Waals surface area contributed by atoms with Crippen molar-refractivity contribution in [2.24, 2.45) is 0 Å². The van der Waals surface area contributed by atoms with Crippen LogP contribution in [-0.2, 0) is 4.79 Å². The monoisotopic (exact) mass is 360 g/mol. The minimum absolute atomic E-state index is 0.256. The van der Waals surface area contributed by atoms with Gasteiger partial charge in [-0.1, -0.05) is 18.5 Å². The number of carbonyl (C=O) groups is 1. The molecule has 1 heterocycles. The average Bonchev–Trinajstić information content (AvgIpc) is 2.60. The van der Waals surface area contributed by atoms with E-state index in [1.165, 1.54) is 6.08 Å². The molecular formula is C19H21ClN2O3. The van der Waals surface area contributed by atoms with Gasteiger partial charge in [0.25, 0.3) is 0 Å². The molecular weight excluding hydrogens is 340 g/mol. The number of halogens is 1. The number of pyridine rings is 1. The van der Waals surface area contributed by atoms with Gasteiger partial charge in [0, 0.05) is 12.3 Å². The van der Waals surface area contributed by atoms with Crippen LogP contribution >= 0.6 is 11.6 Å². The summed E-state index contributed by atoms with van der Waals surface area (Å²) >= 11 is 6.30. The third-order valence-corrected chi connectivity index (χ3v) is 3.42. The molecule has 0 aliphatic heterocycles. The van der Waals surface area contributed by atoms with Crippen molar-refractivity contribution in [1.82, 2.24) is 4.98 Å². The van der Waals surface area contributed by atoms with E-state index in [1.807, 2.05) is 13.8 Å². The number of aromatic nitrogens is 1. The Morgan fingerprint density at radius 2 is 2.16 bits per heavy atom. The Hall–Kier alpha value is -2.53. The lowest BCUT2D eigenvalue weighted by atomic mass is 10.2. The largest absolute Gasteiger partial charge is 0.490 e. The van der Waals surface area contributed by atoms with Crippen molar-refractivity contribution >= 4 is 29.3 Å². The van der Waals surface area contributed by atoms with E-state index >= 15 is 0 Å². The van der Waals surface area contributed by atoms with E-state index in [4.69, 9.17) is 21.1 Å². The second-order valence-corrected chi connectivity index (χ2v) is 5.58. The first-order valence-electron chi connectivity index (χ1n) is 8.12. The summed E-state index contributed by atoms with van der Waals surface area (Å²) in [4.78, 5) is 15.9. The van der Waals surface area contributed by atoms with Gasteiger partial charge in [-0.15, -0.1) is 0 Å². The molecule has 0 atom stereocenters. The van der Waals surface area contributed by atoms with Crippen LogP contribution in [0.2, 0.25) is 5.02 Å². The first-order chi connectivity index (χ1) is 12.1. The van der Waals surface area contributed by atoms with Gasteiger partial charge in [0.2, 0.25) is 5.91 Å². The van der Waals surface area contributed by atoms with Crippen molar-refractivity contribution in [3.63, 3.8) is 0 Å². The zero-order valence-electron chi connectivity index (χ0n) is 14.3. The van der Waals surface area contributed by atoms with E-state index in [-0.39, 0.29) is 5.91 Å². The minimum atomic E-state index is -0.256. The molecule has 6 heteroatoms. The van der Waals surface area contributed by atoms with Crippen LogP contribution < -0.4 is 14.8 Å². The van der Waals surface area contributed by atoms with Gasteiger partial charge < -0.3 is 14.8 Å². The van der Waals surface area contributed by atoms with Crippen LogP contribution in [0.15, 0.2) is 42.7 Å². The van der Waals surface area contributed by atoms with Crippen LogP contribution in [0.25, 0.3) is 6.08 Å². The molecule has 1 aromatic carbocycles. The lowest BCUT2D eigenvalue weighted by Crippen LogP contribution is -2.07. The molecule has 0 saturated carbocycles. The number of ether oxygens (including phenoxy) is 2. The van der Waals surface area contributed by atoms with E-state index in [1.54, 1.807) is 42.7 Å². The molecule has 2 aromatic rings. The van der Waals surface area contributed by atoms with Crippen molar-refractivity contribution in [1.29, 1.82) is 0 Å².